The average Bonchev–Trinajstić information content (AvgIpc) is 3.22. The lowest BCUT2D eigenvalue weighted by molar-refractivity contribution is -0.140. The minimum absolute atomic E-state index is 0.0916. The number of aliphatic hydroxyl groups is 1. The molecule has 0 radical (unpaired) electrons. The number of carbonyl (C=O) groups excluding carboxylic acids is 3. The van der Waals surface area contributed by atoms with Gasteiger partial charge in [0.15, 0.2) is 0 Å². The predicted molar refractivity (Wildman–Crippen MR) is 156 cm³/mol. The predicted octanol–water partition coefficient (Wildman–Crippen LogP) is 4.62. The molecule has 6 rings (SSSR count). The van der Waals surface area contributed by atoms with Crippen molar-refractivity contribution in [3.05, 3.63) is 64.2 Å². The van der Waals surface area contributed by atoms with Gasteiger partial charge in [-0.15, -0.1) is 0 Å². The molecule has 0 spiro atoms. The number of rotatable bonds is 4. The van der Waals surface area contributed by atoms with Gasteiger partial charge in [0, 0.05) is 43.9 Å². The second-order valence-electron chi connectivity index (χ2n) is 12.6. The Morgan fingerprint density at radius 2 is 1.73 bits per heavy atom. The van der Waals surface area contributed by atoms with Crippen molar-refractivity contribution in [2.45, 2.75) is 69.6 Å². The summed E-state index contributed by atoms with van der Waals surface area (Å²) in [5.41, 5.74) is 1.11. The molecule has 3 amide bonds. The number of likely N-dealkylation sites (tertiary alicyclic amines) is 1. The Morgan fingerprint density at radius 1 is 1.00 bits per heavy atom. The zero-order valence-corrected chi connectivity index (χ0v) is 24.5. The lowest BCUT2D eigenvalue weighted by Crippen LogP contribution is -2.50. The number of imide groups is 1. The smallest absolute Gasteiger partial charge is 0.263 e. The van der Waals surface area contributed by atoms with Gasteiger partial charge >= 0.3 is 0 Å². The van der Waals surface area contributed by atoms with E-state index in [1.54, 1.807) is 18.2 Å². The Bertz CT molecular complexity index is 1350. The third-order valence-electron chi connectivity index (χ3n) is 9.36. The lowest BCUT2D eigenvalue weighted by Gasteiger charge is -2.41. The van der Waals surface area contributed by atoms with Gasteiger partial charge in [-0.2, -0.15) is 0 Å². The van der Waals surface area contributed by atoms with E-state index < -0.39 is 5.60 Å². The van der Waals surface area contributed by atoms with Crippen molar-refractivity contribution in [2.75, 3.05) is 37.7 Å². The quantitative estimate of drug-likeness (QED) is 0.532. The summed E-state index contributed by atoms with van der Waals surface area (Å²) in [6.45, 7) is 6.70. The average molecular weight is 580 g/mol. The first kappa shape index (κ1) is 28.2. The molecule has 2 atom stereocenters. The number of anilines is 1. The summed E-state index contributed by atoms with van der Waals surface area (Å²) >= 11 is 6.02. The number of nitrogens with zero attached hydrogens (tertiary/aromatic N) is 3. The van der Waals surface area contributed by atoms with Gasteiger partial charge in [-0.05, 0) is 82.2 Å². The van der Waals surface area contributed by atoms with E-state index in [0.717, 1.165) is 30.6 Å². The third-order valence-corrected chi connectivity index (χ3v) is 9.61. The summed E-state index contributed by atoms with van der Waals surface area (Å²) in [4.78, 5) is 46.3. The van der Waals surface area contributed by atoms with Gasteiger partial charge in [0.1, 0.15) is 0 Å². The minimum atomic E-state index is -0.969. The van der Waals surface area contributed by atoms with Crippen LogP contribution in [-0.2, 0) is 15.1 Å². The number of ether oxygens (including phenoxy) is 1. The van der Waals surface area contributed by atoms with Gasteiger partial charge in [0.25, 0.3) is 11.8 Å². The number of hydrogen-bond acceptors (Lipinski definition) is 6. The van der Waals surface area contributed by atoms with E-state index >= 15 is 0 Å². The second kappa shape index (κ2) is 10.7. The molecule has 4 aliphatic heterocycles. The summed E-state index contributed by atoms with van der Waals surface area (Å²) in [7, 11) is 0. The molecule has 3 fully saturated rings. The molecule has 2 aromatic rings. The van der Waals surface area contributed by atoms with Crippen molar-refractivity contribution in [1.82, 2.24) is 9.80 Å². The molecule has 8 nitrogen and oxygen atoms in total. The van der Waals surface area contributed by atoms with Crippen LogP contribution in [0.25, 0.3) is 0 Å². The standard InChI is InChI=1S/C32H38ClN3O5/c1-31(2)19-24(12-18-41-31)36-29(38)25-6-3-7-26(27(25)30(36)39)35-15-4-5-21(20-35)28(37)34-16-13-32(40,14-17-34)22-8-10-23(33)11-9-22/h3,6-11,21,24,40H,4-5,12-20H2,1-2H3/t21-,24-/m1/s1. The topological polar surface area (TPSA) is 90.4 Å². The van der Waals surface area contributed by atoms with E-state index in [1.807, 2.05) is 43.0 Å². The van der Waals surface area contributed by atoms with E-state index in [2.05, 4.69) is 4.90 Å². The second-order valence-corrected chi connectivity index (χ2v) is 13.0. The molecule has 9 heteroatoms. The first-order valence-electron chi connectivity index (χ1n) is 14.7. The molecule has 3 saturated heterocycles. The maximum Gasteiger partial charge on any atom is 0.263 e. The summed E-state index contributed by atoms with van der Waals surface area (Å²) in [6.07, 6.45) is 3.78. The van der Waals surface area contributed by atoms with Crippen LogP contribution in [0.1, 0.15) is 78.7 Å². The molecule has 218 valence electrons. The van der Waals surface area contributed by atoms with Crippen molar-refractivity contribution < 1.29 is 24.2 Å². The molecular weight excluding hydrogens is 542 g/mol. The highest BCUT2D eigenvalue weighted by Crippen LogP contribution is 2.39. The maximum absolute atomic E-state index is 13.8. The van der Waals surface area contributed by atoms with Crippen molar-refractivity contribution in [3.8, 4) is 0 Å². The first-order chi connectivity index (χ1) is 19.6. The molecule has 2 aromatic carbocycles. The number of carbonyl (C=O) groups is 3. The van der Waals surface area contributed by atoms with Crippen LogP contribution in [0.2, 0.25) is 5.02 Å². The molecule has 1 N–H and O–H groups in total. The van der Waals surface area contributed by atoms with Crippen LogP contribution in [0.4, 0.5) is 5.69 Å². The Labute approximate surface area is 246 Å². The Kier molecular flexibility index (Phi) is 7.37. The van der Waals surface area contributed by atoms with Crippen molar-refractivity contribution >= 4 is 35.0 Å². The van der Waals surface area contributed by atoms with Gasteiger partial charge in [0.2, 0.25) is 5.91 Å². The molecule has 4 aliphatic rings. The summed E-state index contributed by atoms with van der Waals surface area (Å²) < 4.78 is 5.83. The third kappa shape index (κ3) is 5.26. The highest BCUT2D eigenvalue weighted by atomic mass is 35.5. The number of fused-ring (bicyclic) bond motifs is 1. The summed E-state index contributed by atoms with van der Waals surface area (Å²) in [5, 5.41) is 11.9. The van der Waals surface area contributed by atoms with Crippen LogP contribution in [0, 0.1) is 5.92 Å². The van der Waals surface area contributed by atoms with E-state index in [9.17, 15) is 19.5 Å². The van der Waals surface area contributed by atoms with Crippen molar-refractivity contribution in [3.63, 3.8) is 0 Å². The van der Waals surface area contributed by atoms with E-state index in [1.165, 1.54) is 4.90 Å². The van der Waals surface area contributed by atoms with Crippen LogP contribution in [0.15, 0.2) is 42.5 Å². The highest BCUT2D eigenvalue weighted by Gasteiger charge is 2.45. The van der Waals surface area contributed by atoms with Crippen LogP contribution in [0.3, 0.4) is 0 Å². The number of hydrogen-bond donors (Lipinski definition) is 1. The fourth-order valence-electron chi connectivity index (χ4n) is 7.10. The van der Waals surface area contributed by atoms with Crippen molar-refractivity contribution in [2.24, 2.45) is 5.92 Å². The van der Waals surface area contributed by atoms with Crippen molar-refractivity contribution in [1.29, 1.82) is 0 Å². The zero-order chi connectivity index (χ0) is 28.9. The number of amides is 3. The first-order valence-corrected chi connectivity index (χ1v) is 15.1. The fraction of sp³-hybridized carbons (Fsp3) is 0.531. The van der Waals surface area contributed by atoms with Gasteiger partial charge in [0.05, 0.1) is 33.9 Å². The normalized spacial score (nSPS) is 25.8. The molecule has 0 unspecified atom stereocenters. The van der Waals surface area contributed by atoms with Crippen LogP contribution < -0.4 is 4.90 Å². The summed E-state index contributed by atoms with van der Waals surface area (Å²) in [6, 6.07) is 12.6. The van der Waals surface area contributed by atoms with Crippen LogP contribution in [-0.4, -0.2) is 77.1 Å². The van der Waals surface area contributed by atoms with Crippen LogP contribution in [0.5, 0.6) is 0 Å². The molecular formula is C32H38ClN3O5. The van der Waals surface area contributed by atoms with Gasteiger partial charge in [-0.1, -0.05) is 29.8 Å². The van der Waals surface area contributed by atoms with E-state index in [0.29, 0.717) is 68.1 Å². The molecule has 4 heterocycles. The Morgan fingerprint density at radius 3 is 2.44 bits per heavy atom. The van der Waals surface area contributed by atoms with Gasteiger partial charge in [-0.25, -0.2) is 0 Å². The molecule has 0 saturated carbocycles. The Hall–Kier alpha value is -2.94. The van der Waals surface area contributed by atoms with Crippen LogP contribution >= 0.6 is 11.6 Å². The van der Waals surface area contributed by atoms with Gasteiger partial charge in [-0.3, -0.25) is 19.3 Å². The number of piperidine rings is 2. The molecule has 0 aliphatic carbocycles. The zero-order valence-electron chi connectivity index (χ0n) is 23.8. The van der Waals surface area contributed by atoms with E-state index in [-0.39, 0.29) is 35.3 Å². The maximum atomic E-state index is 13.8. The lowest BCUT2D eigenvalue weighted by atomic mass is 9.84. The molecule has 0 bridgehead atoms. The fourth-order valence-corrected chi connectivity index (χ4v) is 7.23. The molecule has 0 aromatic heterocycles. The highest BCUT2D eigenvalue weighted by molar-refractivity contribution is 6.30. The monoisotopic (exact) mass is 579 g/mol. The Balaban J connectivity index is 1.15. The van der Waals surface area contributed by atoms with Gasteiger partial charge < -0.3 is 19.6 Å². The largest absolute Gasteiger partial charge is 0.385 e. The number of benzene rings is 2. The summed E-state index contributed by atoms with van der Waals surface area (Å²) in [5.74, 6) is -0.593. The molecule has 41 heavy (non-hydrogen) atoms. The number of halogens is 1. The minimum Gasteiger partial charge on any atom is -0.385 e. The SMILES string of the molecule is CC1(C)C[C@H](N2C(=O)c3cccc(N4CCC[C@@H](C(=O)N5CCC(O)(c6ccc(Cl)cc6)CC5)C4)c3C2=O)CCO1. The van der Waals surface area contributed by atoms with E-state index in [4.69, 9.17) is 16.3 Å².